The van der Waals surface area contributed by atoms with Gasteiger partial charge in [0.15, 0.2) is 0 Å². The molecule has 4 rings (SSSR count). The monoisotopic (exact) mass is 436 g/mol. The highest BCUT2D eigenvalue weighted by molar-refractivity contribution is 5.75. The number of carbonyl (C=O) groups is 1. The topological polar surface area (TPSA) is 68.7 Å². The maximum atomic E-state index is 11.9. The summed E-state index contributed by atoms with van der Waals surface area (Å²) in [5.41, 5.74) is 3.41. The van der Waals surface area contributed by atoms with E-state index in [9.17, 15) is 9.90 Å². The van der Waals surface area contributed by atoms with Gasteiger partial charge in [0.2, 0.25) is 0 Å². The molecular weight excluding hydrogens is 400 g/mol. The Morgan fingerprint density at radius 3 is 2.88 bits per heavy atom. The molecule has 1 fully saturated rings. The fraction of sp³-hybridized carbons (Fsp3) is 0.538. The minimum Gasteiger partial charge on any atom is -0.480 e. The molecule has 1 aromatic heterocycles. The van der Waals surface area contributed by atoms with Crippen LogP contribution in [0.4, 0.5) is 5.82 Å². The summed E-state index contributed by atoms with van der Waals surface area (Å²) in [6.45, 7) is 3.74. The smallest absolute Gasteiger partial charge is 0.325 e. The number of nitrogens with one attached hydrogen (secondary N) is 1. The molecule has 0 spiro atoms. The van der Waals surface area contributed by atoms with Crippen LogP contribution in [0.2, 0.25) is 0 Å². The summed E-state index contributed by atoms with van der Waals surface area (Å²) >= 11 is 0. The molecule has 0 saturated carbocycles. The van der Waals surface area contributed by atoms with E-state index in [-0.39, 0.29) is 0 Å². The van der Waals surface area contributed by atoms with Crippen molar-refractivity contribution in [3.63, 3.8) is 0 Å². The van der Waals surface area contributed by atoms with E-state index in [0.29, 0.717) is 6.04 Å². The van der Waals surface area contributed by atoms with Gasteiger partial charge in [0.05, 0.1) is 0 Å². The lowest BCUT2D eigenvalue weighted by atomic mass is 10.1. The van der Waals surface area contributed by atoms with Crippen molar-refractivity contribution in [2.75, 3.05) is 38.5 Å². The number of fused-ring (bicyclic) bond motifs is 1. The van der Waals surface area contributed by atoms with E-state index < -0.39 is 12.0 Å². The van der Waals surface area contributed by atoms with Crippen LogP contribution in [0.15, 0.2) is 42.5 Å². The highest BCUT2D eigenvalue weighted by Gasteiger charge is 2.34. The van der Waals surface area contributed by atoms with Crippen LogP contribution in [0.1, 0.15) is 55.0 Å². The van der Waals surface area contributed by atoms with Gasteiger partial charge >= 0.3 is 5.97 Å². The Hall–Kier alpha value is -2.44. The largest absolute Gasteiger partial charge is 0.480 e. The molecule has 0 bridgehead atoms. The Bertz CT molecular complexity index is 889. The second kappa shape index (κ2) is 10.9. The number of aryl methyl sites for hydroxylation is 2. The van der Waals surface area contributed by atoms with Crippen molar-refractivity contribution in [2.24, 2.45) is 0 Å². The maximum absolute atomic E-state index is 11.9. The number of likely N-dealkylation sites (tertiary alicyclic amines) is 1. The van der Waals surface area contributed by atoms with Crippen molar-refractivity contribution in [1.29, 1.82) is 0 Å². The number of likely N-dealkylation sites (N-methyl/N-ethyl adjacent to an activating group) is 1. The molecule has 0 unspecified atom stereocenters. The lowest BCUT2D eigenvalue weighted by molar-refractivity contribution is -0.143. The van der Waals surface area contributed by atoms with Gasteiger partial charge in [0, 0.05) is 31.4 Å². The van der Waals surface area contributed by atoms with Crippen LogP contribution in [0.3, 0.4) is 0 Å². The Morgan fingerprint density at radius 1 is 1.22 bits per heavy atom. The van der Waals surface area contributed by atoms with E-state index in [0.717, 1.165) is 69.7 Å². The van der Waals surface area contributed by atoms with Crippen LogP contribution in [0.25, 0.3) is 0 Å². The molecule has 0 radical (unpaired) electrons. The first-order chi connectivity index (χ1) is 15.6. The second-order valence-corrected chi connectivity index (χ2v) is 9.22. The number of hydrogen-bond acceptors (Lipinski definition) is 5. The highest BCUT2D eigenvalue weighted by Crippen LogP contribution is 2.27. The third-order valence-corrected chi connectivity index (χ3v) is 6.93. The number of nitrogens with zero attached hydrogens (tertiary/aromatic N) is 3. The molecule has 1 aromatic carbocycles. The van der Waals surface area contributed by atoms with Crippen molar-refractivity contribution in [2.45, 2.75) is 57.0 Å². The summed E-state index contributed by atoms with van der Waals surface area (Å²) in [6.07, 6.45) is 7.91. The first-order valence-corrected chi connectivity index (χ1v) is 12.1. The Balaban J connectivity index is 1.19. The zero-order valence-electron chi connectivity index (χ0n) is 19.2. The number of carboxylic acid groups (broad SMARTS) is 1. The number of unbranched alkanes of at least 4 members (excludes halogenated alkanes) is 2. The molecule has 6 nitrogen and oxygen atoms in total. The van der Waals surface area contributed by atoms with Crippen LogP contribution >= 0.6 is 0 Å². The van der Waals surface area contributed by atoms with E-state index in [4.69, 9.17) is 4.98 Å². The predicted molar refractivity (Wildman–Crippen MR) is 128 cm³/mol. The average molecular weight is 437 g/mol. The number of aromatic nitrogens is 1. The highest BCUT2D eigenvalue weighted by atomic mass is 16.4. The molecule has 172 valence electrons. The standard InChI is InChI=1S/C26H36N4O2/c1-29(17-7-3-6-12-22-14-13-21-11-8-16-27-25(21)28-22)23-15-18-30(19-23)24(26(31)32)20-9-4-2-5-10-20/h2,4-5,9-10,13-14,23-24H,3,6-8,11-12,15-19H2,1H3,(H,27,28)(H,31,32)/t23-,24-/m1/s1. The number of anilines is 1. The molecule has 32 heavy (non-hydrogen) atoms. The molecule has 2 atom stereocenters. The molecule has 2 aromatic rings. The summed E-state index contributed by atoms with van der Waals surface area (Å²) in [4.78, 5) is 21.3. The lowest BCUT2D eigenvalue weighted by Crippen LogP contribution is -2.38. The number of aliphatic carboxylic acids is 1. The molecule has 2 aliphatic heterocycles. The van der Waals surface area contributed by atoms with Crippen LogP contribution < -0.4 is 5.32 Å². The second-order valence-electron chi connectivity index (χ2n) is 9.22. The van der Waals surface area contributed by atoms with Crippen molar-refractivity contribution in [3.8, 4) is 0 Å². The summed E-state index contributed by atoms with van der Waals surface area (Å²) in [6, 6.07) is 13.9. The van der Waals surface area contributed by atoms with E-state index >= 15 is 0 Å². The lowest BCUT2D eigenvalue weighted by Gasteiger charge is -2.27. The van der Waals surface area contributed by atoms with Gasteiger partial charge in [0.25, 0.3) is 0 Å². The number of pyridine rings is 1. The van der Waals surface area contributed by atoms with E-state index in [1.807, 2.05) is 30.3 Å². The van der Waals surface area contributed by atoms with Crippen molar-refractivity contribution in [1.82, 2.24) is 14.8 Å². The summed E-state index contributed by atoms with van der Waals surface area (Å²) < 4.78 is 0. The van der Waals surface area contributed by atoms with Gasteiger partial charge in [-0.05, 0) is 69.3 Å². The third kappa shape index (κ3) is 5.67. The molecule has 0 aliphatic carbocycles. The van der Waals surface area contributed by atoms with Crippen molar-refractivity contribution >= 4 is 11.8 Å². The number of benzene rings is 1. The molecule has 2 N–H and O–H groups in total. The molecule has 3 heterocycles. The van der Waals surface area contributed by atoms with Crippen LogP contribution in [0.5, 0.6) is 0 Å². The van der Waals surface area contributed by atoms with Crippen molar-refractivity contribution in [3.05, 3.63) is 59.3 Å². The fourth-order valence-corrected chi connectivity index (χ4v) is 5.04. The van der Waals surface area contributed by atoms with Gasteiger partial charge in [-0.2, -0.15) is 0 Å². The first kappa shape index (κ1) is 22.7. The van der Waals surface area contributed by atoms with Gasteiger partial charge in [-0.15, -0.1) is 0 Å². The van der Waals surface area contributed by atoms with Crippen LogP contribution in [-0.2, 0) is 17.6 Å². The first-order valence-electron chi connectivity index (χ1n) is 12.1. The van der Waals surface area contributed by atoms with Gasteiger partial charge in [-0.1, -0.05) is 42.8 Å². The summed E-state index contributed by atoms with van der Waals surface area (Å²) in [5, 5.41) is 13.2. The minimum absolute atomic E-state index is 0.425. The number of carboxylic acids is 1. The van der Waals surface area contributed by atoms with Crippen molar-refractivity contribution < 1.29 is 9.90 Å². The Kier molecular flexibility index (Phi) is 7.76. The van der Waals surface area contributed by atoms with Gasteiger partial charge < -0.3 is 15.3 Å². The van der Waals surface area contributed by atoms with Crippen LogP contribution in [0, 0.1) is 0 Å². The summed E-state index contributed by atoms with van der Waals surface area (Å²) in [5.74, 6) is 0.333. The minimum atomic E-state index is -0.759. The van der Waals surface area contributed by atoms with E-state index in [2.05, 4.69) is 34.3 Å². The average Bonchev–Trinajstić information content (AvgIpc) is 3.29. The predicted octanol–water partition coefficient (Wildman–Crippen LogP) is 3.98. The molecule has 1 saturated heterocycles. The Labute approximate surface area is 191 Å². The number of rotatable bonds is 10. The zero-order valence-corrected chi connectivity index (χ0v) is 19.2. The molecule has 2 aliphatic rings. The Morgan fingerprint density at radius 2 is 2.06 bits per heavy atom. The van der Waals surface area contributed by atoms with Gasteiger partial charge in [-0.3, -0.25) is 9.69 Å². The normalized spacial score (nSPS) is 19.5. The summed E-state index contributed by atoms with van der Waals surface area (Å²) in [7, 11) is 2.18. The van der Waals surface area contributed by atoms with Gasteiger partial charge in [-0.25, -0.2) is 4.98 Å². The van der Waals surface area contributed by atoms with Crippen LogP contribution in [-0.4, -0.2) is 65.1 Å². The quantitative estimate of drug-likeness (QED) is 0.549. The molecule has 6 heteroatoms. The van der Waals surface area contributed by atoms with Gasteiger partial charge in [0.1, 0.15) is 11.9 Å². The SMILES string of the molecule is CN(CCCCCc1ccc2c(n1)NCCC2)[C@@H]1CCN([C@@H](C(=O)O)c2ccccc2)C1. The molecular formula is C26H36N4O2. The van der Waals surface area contributed by atoms with E-state index in [1.54, 1.807) is 0 Å². The van der Waals surface area contributed by atoms with E-state index in [1.165, 1.54) is 24.1 Å². The third-order valence-electron chi connectivity index (χ3n) is 6.93. The molecule has 0 amide bonds. The maximum Gasteiger partial charge on any atom is 0.325 e. The fourth-order valence-electron chi connectivity index (χ4n) is 5.04. The number of hydrogen-bond donors (Lipinski definition) is 2. The zero-order chi connectivity index (χ0) is 22.3.